The number of anilines is 1. The number of nitrogens with one attached hydrogen (secondary N) is 2. The lowest BCUT2D eigenvalue weighted by Gasteiger charge is -2.06. The van der Waals surface area contributed by atoms with Crippen molar-refractivity contribution in [3.05, 3.63) is 33.9 Å². The summed E-state index contributed by atoms with van der Waals surface area (Å²) in [4.78, 5) is 34.7. The molecule has 2 N–H and O–H groups in total. The van der Waals surface area contributed by atoms with E-state index in [1.807, 2.05) is 13.8 Å². The Kier molecular flexibility index (Phi) is 6.04. The Balaban J connectivity index is 2.13. The van der Waals surface area contributed by atoms with Crippen molar-refractivity contribution in [1.82, 2.24) is 24.9 Å². The zero-order chi connectivity index (χ0) is 19.3. The van der Waals surface area contributed by atoms with E-state index in [-0.39, 0.29) is 35.2 Å². The zero-order valence-corrected chi connectivity index (χ0v) is 14.9. The lowest BCUT2D eigenvalue weighted by molar-refractivity contribution is -0.385. The van der Waals surface area contributed by atoms with Crippen LogP contribution < -0.4 is 10.6 Å². The highest BCUT2D eigenvalue weighted by atomic mass is 16.6. The van der Waals surface area contributed by atoms with Gasteiger partial charge in [-0.25, -0.2) is 0 Å². The highest BCUT2D eigenvalue weighted by Crippen LogP contribution is 2.16. The molecule has 2 aromatic heterocycles. The quantitative estimate of drug-likeness (QED) is 0.532. The molecule has 0 aromatic carbocycles. The topological polar surface area (TPSA) is 137 Å². The molecule has 2 aromatic rings. The lowest BCUT2D eigenvalue weighted by atomic mass is 10.3. The van der Waals surface area contributed by atoms with E-state index in [4.69, 9.17) is 0 Å². The lowest BCUT2D eigenvalue weighted by Crippen LogP contribution is -2.26. The molecule has 26 heavy (non-hydrogen) atoms. The Bertz CT molecular complexity index is 824. The fourth-order valence-corrected chi connectivity index (χ4v) is 2.27. The normalized spacial score (nSPS) is 10.6. The summed E-state index contributed by atoms with van der Waals surface area (Å²) in [5, 5.41) is 24.3. The van der Waals surface area contributed by atoms with E-state index in [9.17, 15) is 19.7 Å². The summed E-state index contributed by atoms with van der Waals surface area (Å²) in [6.45, 7) is 6.10. The van der Waals surface area contributed by atoms with Gasteiger partial charge in [0.1, 0.15) is 18.4 Å². The smallest absolute Gasteiger partial charge is 0.309 e. The first-order chi connectivity index (χ1) is 12.3. The molecule has 2 rings (SSSR count). The third-order valence-electron chi connectivity index (χ3n) is 3.53. The van der Waals surface area contributed by atoms with Gasteiger partial charge in [0.05, 0.1) is 10.6 Å². The van der Waals surface area contributed by atoms with Crippen LogP contribution in [-0.2, 0) is 17.9 Å². The van der Waals surface area contributed by atoms with E-state index in [0.717, 1.165) is 6.42 Å². The number of amides is 2. The number of carbonyl (C=O) groups is 2. The Morgan fingerprint density at radius 3 is 2.54 bits per heavy atom. The molecule has 11 heteroatoms. The van der Waals surface area contributed by atoms with Gasteiger partial charge < -0.3 is 10.6 Å². The molecule has 2 amide bonds. The summed E-state index contributed by atoms with van der Waals surface area (Å²) in [5.74, 6) is -0.845. The standard InChI is InChI=1S/C15H21N7O4/c1-4-6-16-15(24)14-11(7-20(5-2)19-14)17-13(23)9-21-8-12(22(25)26)10(3)18-21/h7-8H,4-6,9H2,1-3H3,(H,16,24)(H,17,23). The minimum Gasteiger partial charge on any atom is -0.351 e. The van der Waals surface area contributed by atoms with Crippen LogP contribution >= 0.6 is 0 Å². The fraction of sp³-hybridized carbons (Fsp3) is 0.467. The highest BCUT2D eigenvalue weighted by Gasteiger charge is 2.20. The largest absolute Gasteiger partial charge is 0.351 e. The van der Waals surface area contributed by atoms with E-state index in [1.54, 1.807) is 10.9 Å². The second kappa shape index (κ2) is 8.23. The van der Waals surface area contributed by atoms with Crippen molar-refractivity contribution in [2.75, 3.05) is 11.9 Å². The summed E-state index contributed by atoms with van der Waals surface area (Å²) in [6, 6.07) is 0. The average Bonchev–Trinajstić information content (AvgIpc) is 3.15. The molecule has 0 unspecified atom stereocenters. The van der Waals surface area contributed by atoms with E-state index in [0.29, 0.717) is 13.1 Å². The minimum atomic E-state index is -0.557. The van der Waals surface area contributed by atoms with Crippen molar-refractivity contribution < 1.29 is 14.5 Å². The molecule has 140 valence electrons. The third kappa shape index (κ3) is 4.43. The third-order valence-corrected chi connectivity index (χ3v) is 3.53. The second-order valence-electron chi connectivity index (χ2n) is 5.61. The molecule has 0 bridgehead atoms. The molecule has 0 saturated heterocycles. The fourth-order valence-electron chi connectivity index (χ4n) is 2.27. The Labute approximate surface area is 149 Å². The van der Waals surface area contributed by atoms with Crippen molar-refractivity contribution >= 4 is 23.2 Å². The van der Waals surface area contributed by atoms with Crippen LogP contribution in [0.25, 0.3) is 0 Å². The number of carbonyl (C=O) groups excluding carboxylic acids is 2. The maximum atomic E-state index is 12.2. The molecular weight excluding hydrogens is 342 g/mol. The van der Waals surface area contributed by atoms with Crippen LogP contribution in [0.4, 0.5) is 11.4 Å². The monoisotopic (exact) mass is 363 g/mol. The van der Waals surface area contributed by atoms with Crippen LogP contribution in [0.5, 0.6) is 0 Å². The Morgan fingerprint density at radius 1 is 1.23 bits per heavy atom. The zero-order valence-electron chi connectivity index (χ0n) is 14.9. The SMILES string of the molecule is CCCNC(=O)c1nn(CC)cc1NC(=O)Cn1cc([N+](=O)[O-])c(C)n1. The van der Waals surface area contributed by atoms with E-state index in [2.05, 4.69) is 20.8 Å². The minimum absolute atomic E-state index is 0.122. The number of hydrogen-bond donors (Lipinski definition) is 2. The van der Waals surface area contributed by atoms with Crippen LogP contribution in [0.3, 0.4) is 0 Å². The predicted octanol–water partition coefficient (Wildman–Crippen LogP) is 1.09. The molecule has 0 fully saturated rings. The van der Waals surface area contributed by atoms with Gasteiger partial charge in [-0.2, -0.15) is 10.2 Å². The molecule has 0 aliphatic carbocycles. The predicted molar refractivity (Wildman–Crippen MR) is 92.8 cm³/mol. The number of aryl methyl sites for hydroxylation is 2. The molecule has 0 aliphatic rings. The first-order valence-corrected chi connectivity index (χ1v) is 8.19. The van der Waals surface area contributed by atoms with Gasteiger partial charge in [-0.05, 0) is 20.3 Å². The summed E-state index contributed by atoms with van der Waals surface area (Å²) < 4.78 is 2.73. The van der Waals surface area contributed by atoms with Gasteiger partial charge in [0, 0.05) is 19.3 Å². The first kappa shape index (κ1) is 19.1. The molecule has 0 aliphatic heterocycles. The maximum Gasteiger partial charge on any atom is 0.309 e. The van der Waals surface area contributed by atoms with Crippen molar-refractivity contribution in [3.63, 3.8) is 0 Å². The van der Waals surface area contributed by atoms with Crippen LogP contribution in [0, 0.1) is 17.0 Å². The Morgan fingerprint density at radius 2 is 1.96 bits per heavy atom. The molecule has 0 atom stereocenters. The summed E-state index contributed by atoms with van der Waals surface area (Å²) in [7, 11) is 0. The van der Waals surface area contributed by atoms with Crippen LogP contribution in [-0.4, -0.2) is 42.8 Å². The molecule has 2 heterocycles. The second-order valence-corrected chi connectivity index (χ2v) is 5.61. The number of aromatic nitrogens is 4. The molecular formula is C15H21N7O4. The van der Waals surface area contributed by atoms with Crippen molar-refractivity contribution in [1.29, 1.82) is 0 Å². The van der Waals surface area contributed by atoms with E-state index >= 15 is 0 Å². The van der Waals surface area contributed by atoms with E-state index in [1.165, 1.54) is 17.8 Å². The van der Waals surface area contributed by atoms with Gasteiger partial charge in [-0.3, -0.25) is 29.1 Å². The van der Waals surface area contributed by atoms with Gasteiger partial charge in [0.2, 0.25) is 5.91 Å². The van der Waals surface area contributed by atoms with Gasteiger partial charge in [0.15, 0.2) is 5.69 Å². The number of nitro groups is 1. The van der Waals surface area contributed by atoms with Crippen molar-refractivity contribution in [2.45, 2.75) is 40.3 Å². The summed E-state index contributed by atoms with van der Waals surface area (Å²) >= 11 is 0. The number of nitrogens with zero attached hydrogens (tertiary/aromatic N) is 5. The molecule has 0 spiro atoms. The maximum absolute atomic E-state index is 12.2. The first-order valence-electron chi connectivity index (χ1n) is 8.19. The summed E-state index contributed by atoms with van der Waals surface area (Å²) in [5.41, 5.74) is 0.470. The van der Waals surface area contributed by atoms with Crippen molar-refractivity contribution in [2.24, 2.45) is 0 Å². The van der Waals surface area contributed by atoms with Crippen LogP contribution in [0.1, 0.15) is 36.5 Å². The average molecular weight is 363 g/mol. The summed E-state index contributed by atoms with van der Waals surface area (Å²) in [6.07, 6.45) is 3.54. The van der Waals surface area contributed by atoms with Crippen LogP contribution in [0.15, 0.2) is 12.4 Å². The van der Waals surface area contributed by atoms with Crippen LogP contribution in [0.2, 0.25) is 0 Å². The van der Waals surface area contributed by atoms with E-state index < -0.39 is 10.8 Å². The molecule has 0 saturated carbocycles. The van der Waals surface area contributed by atoms with Gasteiger partial charge >= 0.3 is 5.69 Å². The van der Waals surface area contributed by atoms with Crippen molar-refractivity contribution in [3.8, 4) is 0 Å². The Hall–Kier alpha value is -3.24. The number of rotatable bonds is 8. The number of hydrogen-bond acceptors (Lipinski definition) is 6. The van der Waals surface area contributed by atoms with Gasteiger partial charge in [-0.1, -0.05) is 6.92 Å². The molecule has 0 radical (unpaired) electrons. The van der Waals surface area contributed by atoms with Gasteiger partial charge in [0.25, 0.3) is 5.91 Å². The molecule has 11 nitrogen and oxygen atoms in total. The van der Waals surface area contributed by atoms with Gasteiger partial charge in [-0.15, -0.1) is 0 Å². The highest BCUT2D eigenvalue weighted by molar-refractivity contribution is 6.02.